The molecule has 1 aromatic rings. The van der Waals surface area contributed by atoms with Gasteiger partial charge in [0.1, 0.15) is 5.82 Å². The Hall–Kier alpha value is -1.62. The maximum absolute atomic E-state index is 12.6. The van der Waals surface area contributed by atoms with Crippen LogP contribution in [0, 0.1) is 5.92 Å². The van der Waals surface area contributed by atoms with Gasteiger partial charge in [-0.1, -0.05) is 0 Å². The van der Waals surface area contributed by atoms with Gasteiger partial charge in [0.15, 0.2) is 0 Å². The van der Waals surface area contributed by atoms with E-state index in [4.69, 9.17) is 4.74 Å². The molecule has 1 N–H and O–H groups in total. The number of nitrogens with one attached hydrogen (secondary N) is 1. The molecule has 5 heteroatoms. The van der Waals surface area contributed by atoms with Crippen LogP contribution in [0.2, 0.25) is 0 Å². The number of carbonyl (C=O) groups excluding carboxylic acids is 1. The molecule has 1 aliphatic carbocycles. The lowest BCUT2D eigenvalue weighted by molar-refractivity contribution is 0.0570. The molecule has 0 spiro atoms. The molecule has 1 aromatic heterocycles. The van der Waals surface area contributed by atoms with Gasteiger partial charge in [-0.25, -0.2) is 4.98 Å². The predicted molar refractivity (Wildman–Crippen MR) is 86.0 cm³/mol. The highest BCUT2D eigenvalue weighted by atomic mass is 16.5. The first kappa shape index (κ1) is 15.3. The van der Waals surface area contributed by atoms with Crippen molar-refractivity contribution in [3.8, 4) is 0 Å². The van der Waals surface area contributed by atoms with E-state index in [1.165, 1.54) is 19.3 Å². The molecular formula is C17H25N3O2. The summed E-state index contributed by atoms with van der Waals surface area (Å²) in [6.07, 6.45) is 7.62. The number of hydrogen-bond donors (Lipinski definition) is 1. The molecule has 1 unspecified atom stereocenters. The fourth-order valence-corrected chi connectivity index (χ4v) is 3.17. The first-order valence-electron chi connectivity index (χ1n) is 8.27. The Kier molecular flexibility index (Phi) is 4.93. The highest BCUT2D eigenvalue weighted by Crippen LogP contribution is 2.23. The molecule has 22 heavy (non-hydrogen) atoms. The van der Waals surface area contributed by atoms with Gasteiger partial charge in [0.05, 0.1) is 12.2 Å². The van der Waals surface area contributed by atoms with Gasteiger partial charge < -0.3 is 15.0 Å². The van der Waals surface area contributed by atoms with Gasteiger partial charge in [0, 0.05) is 32.4 Å². The zero-order valence-corrected chi connectivity index (χ0v) is 13.3. The Bertz CT molecular complexity index is 497. The molecule has 3 rings (SSSR count). The summed E-state index contributed by atoms with van der Waals surface area (Å²) in [5.74, 6) is 1.41. The number of nitrogens with zero attached hydrogens (tertiary/aromatic N) is 2. The highest BCUT2D eigenvalue weighted by Gasteiger charge is 2.24. The molecule has 2 heterocycles. The number of aromatic nitrogens is 1. The van der Waals surface area contributed by atoms with E-state index in [1.54, 1.807) is 13.3 Å². The van der Waals surface area contributed by atoms with E-state index in [1.807, 2.05) is 17.0 Å². The van der Waals surface area contributed by atoms with Crippen LogP contribution in [-0.2, 0) is 4.74 Å². The van der Waals surface area contributed by atoms with E-state index in [0.717, 1.165) is 38.4 Å². The number of methoxy groups -OCH3 is 1. The number of carbonyl (C=O) groups is 1. The van der Waals surface area contributed by atoms with Crippen LogP contribution in [0.4, 0.5) is 5.82 Å². The maximum atomic E-state index is 12.6. The number of ether oxygens (including phenoxy) is 1. The molecule has 0 aromatic carbocycles. The topological polar surface area (TPSA) is 54.5 Å². The summed E-state index contributed by atoms with van der Waals surface area (Å²) in [4.78, 5) is 18.9. The summed E-state index contributed by atoms with van der Waals surface area (Å²) in [6.45, 7) is 2.35. The molecule has 2 aliphatic rings. The van der Waals surface area contributed by atoms with Gasteiger partial charge in [-0.05, 0) is 50.2 Å². The molecule has 2 fully saturated rings. The largest absolute Gasteiger partial charge is 0.384 e. The smallest absolute Gasteiger partial charge is 0.255 e. The van der Waals surface area contributed by atoms with Crippen molar-refractivity contribution in [3.63, 3.8) is 0 Å². The lowest BCUT2D eigenvalue weighted by Gasteiger charge is -2.32. The second-order valence-electron chi connectivity index (χ2n) is 6.42. The monoisotopic (exact) mass is 303 g/mol. The van der Waals surface area contributed by atoms with Crippen LogP contribution in [0.25, 0.3) is 0 Å². The fourth-order valence-electron chi connectivity index (χ4n) is 3.17. The Morgan fingerprint density at radius 2 is 2.23 bits per heavy atom. The summed E-state index contributed by atoms with van der Waals surface area (Å²) in [7, 11) is 1.72. The summed E-state index contributed by atoms with van der Waals surface area (Å²) in [5, 5.41) is 3.40. The summed E-state index contributed by atoms with van der Waals surface area (Å²) >= 11 is 0. The molecule has 0 bridgehead atoms. The second-order valence-corrected chi connectivity index (χ2v) is 6.42. The molecular weight excluding hydrogens is 278 g/mol. The van der Waals surface area contributed by atoms with Crippen LogP contribution in [0.5, 0.6) is 0 Å². The number of amides is 1. The van der Waals surface area contributed by atoms with Crippen molar-refractivity contribution >= 4 is 11.7 Å². The van der Waals surface area contributed by atoms with Gasteiger partial charge >= 0.3 is 0 Å². The number of anilines is 1. The minimum atomic E-state index is 0.0866. The zero-order valence-electron chi connectivity index (χ0n) is 13.3. The lowest BCUT2D eigenvalue weighted by atomic mass is 9.93. The average molecular weight is 303 g/mol. The van der Waals surface area contributed by atoms with Crippen LogP contribution in [0.15, 0.2) is 18.3 Å². The van der Waals surface area contributed by atoms with Crippen molar-refractivity contribution in [3.05, 3.63) is 23.9 Å². The molecule has 0 radical (unpaired) electrons. The summed E-state index contributed by atoms with van der Waals surface area (Å²) in [6, 6.07) is 4.37. The van der Waals surface area contributed by atoms with E-state index in [2.05, 4.69) is 10.3 Å². The minimum absolute atomic E-state index is 0.0866. The Morgan fingerprint density at radius 1 is 1.36 bits per heavy atom. The second kappa shape index (κ2) is 7.09. The number of pyridine rings is 1. The fraction of sp³-hybridized carbons (Fsp3) is 0.647. The third-order valence-corrected chi connectivity index (χ3v) is 4.68. The van der Waals surface area contributed by atoms with Crippen molar-refractivity contribution in [1.82, 2.24) is 9.88 Å². The van der Waals surface area contributed by atoms with Crippen LogP contribution in [0.3, 0.4) is 0 Å². The lowest BCUT2D eigenvalue weighted by Crippen LogP contribution is -2.41. The van der Waals surface area contributed by atoms with Crippen molar-refractivity contribution in [2.75, 3.05) is 32.1 Å². The number of piperidine rings is 1. The van der Waals surface area contributed by atoms with Crippen molar-refractivity contribution in [1.29, 1.82) is 0 Å². The molecule has 1 saturated heterocycles. The van der Waals surface area contributed by atoms with E-state index in [0.29, 0.717) is 17.5 Å². The zero-order chi connectivity index (χ0) is 15.4. The quantitative estimate of drug-likeness (QED) is 0.908. The predicted octanol–water partition coefficient (Wildman–Crippen LogP) is 2.54. The maximum Gasteiger partial charge on any atom is 0.255 e. The van der Waals surface area contributed by atoms with E-state index in [9.17, 15) is 4.79 Å². The van der Waals surface area contributed by atoms with E-state index < -0.39 is 0 Å². The third-order valence-electron chi connectivity index (χ3n) is 4.68. The van der Waals surface area contributed by atoms with Crippen LogP contribution < -0.4 is 5.32 Å². The van der Waals surface area contributed by atoms with Gasteiger partial charge in [0.2, 0.25) is 0 Å². The summed E-state index contributed by atoms with van der Waals surface area (Å²) < 4.78 is 5.23. The van der Waals surface area contributed by atoms with E-state index >= 15 is 0 Å². The first-order chi connectivity index (χ1) is 10.8. The van der Waals surface area contributed by atoms with E-state index in [-0.39, 0.29) is 5.91 Å². The summed E-state index contributed by atoms with van der Waals surface area (Å²) in [5.41, 5.74) is 0.678. The van der Waals surface area contributed by atoms with Gasteiger partial charge in [-0.15, -0.1) is 0 Å². The Balaban J connectivity index is 1.58. The van der Waals surface area contributed by atoms with Crippen LogP contribution in [-0.4, -0.2) is 48.6 Å². The number of rotatable bonds is 5. The van der Waals surface area contributed by atoms with Crippen molar-refractivity contribution < 1.29 is 9.53 Å². The van der Waals surface area contributed by atoms with Crippen LogP contribution >= 0.6 is 0 Å². The first-order valence-corrected chi connectivity index (χ1v) is 8.27. The van der Waals surface area contributed by atoms with Gasteiger partial charge in [-0.2, -0.15) is 0 Å². The van der Waals surface area contributed by atoms with Crippen molar-refractivity contribution in [2.24, 2.45) is 5.92 Å². The Labute approximate surface area is 132 Å². The van der Waals surface area contributed by atoms with Crippen molar-refractivity contribution in [2.45, 2.75) is 38.1 Å². The molecule has 1 aliphatic heterocycles. The highest BCUT2D eigenvalue weighted by molar-refractivity contribution is 5.94. The number of hydrogen-bond acceptors (Lipinski definition) is 4. The van der Waals surface area contributed by atoms with Gasteiger partial charge in [-0.3, -0.25) is 4.79 Å². The number of likely N-dealkylation sites (tertiary alicyclic amines) is 1. The molecule has 1 saturated carbocycles. The van der Waals surface area contributed by atoms with Crippen LogP contribution in [0.1, 0.15) is 42.5 Å². The molecule has 5 nitrogen and oxygen atoms in total. The Morgan fingerprint density at radius 3 is 2.86 bits per heavy atom. The molecule has 1 atom stereocenters. The standard InChI is InChI=1S/C17H25N3O2/c1-22-12-13-4-3-9-20(11-13)17(21)14-7-8-16(18-10-14)19-15-5-2-6-15/h7-8,10,13,15H,2-6,9,11-12H2,1H3,(H,18,19). The molecule has 1 amide bonds. The minimum Gasteiger partial charge on any atom is -0.384 e. The SMILES string of the molecule is COCC1CCCN(C(=O)c2ccc(NC3CCC3)nc2)C1. The molecule has 120 valence electrons. The van der Waals surface area contributed by atoms with Gasteiger partial charge in [0.25, 0.3) is 5.91 Å². The average Bonchev–Trinajstić information content (AvgIpc) is 2.51. The third kappa shape index (κ3) is 3.58. The normalized spacial score (nSPS) is 22.2.